The first kappa shape index (κ1) is 19.2. The van der Waals surface area contributed by atoms with Crippen molar-refractivity contribution < 1.29 is 0 Å². The fourth-order valence-corrected chi connectivity index (χ4v) is 4.44. The number of nitrogens with one attached hydrogen (secondary N) is 1. The van der Waals surface area contributed by atoms with Gasteiger partial charge in [0, 0.05) is 39.3 Å². The Morgan fingerprint density at radius 1 is 1.12 bits per heavy atom. The summed E-state index contributed by atoms with van der Waals surface area (Å²) in [5.41, 5.74) is 1.46. The summed E-state index contributed by atoms with van der Waals surface area (Å²) in [4.78, 5) is 9.64. The molecule has 2 aliphatic heterocycles. The molecule has 2 atom stereocenters. The normalized spacial score (nSPS) is 25.1. The van der Waals surface area contributed by atoms with Crippen molar-refractivity contribution in [3.8, 4) is 0 Å². The Kier molecular flexibility index (Phi) is 6.95. The van der Waals surface area contributed by atoms with Crippen LogP contribution in [0.2, 0.25) is 0 Å². The van der Waals surface area contributed by atoms with Crippen LogP contribution in [0, 0.1) is 11.8 Å². The summed E-state index contributed by atoms with van der Waals surface area (Å²) >= 11 is 0. The van der Waals surface area contributed by atoms with E-state index in [4.69, 9.17) is 0 Å². The quantitative estimate of drug-likeness (QED) is 0.649. The van der Waals surface area contributed by atoms with Gasteiger partial charge < -0.3 is 15.1 Å². The van der Waals surface area contributed by atoms with Crippen LogP contribution >= 0.6 is 0 Å². The highest BCUT2D eigenvalue weighted by molar-refractivity contribution is 5.80. The summed E-state index contributed by atoms with van der Waals surface area (Å²) in [5, 5.41) is 3.67. The van der Waals surface area contributed by atoms with Crippen LogP contribution in [0.4, 0.5) is 0 Å². The van der Waals surface area contributed by atoms with Gasteiger partial charge in [0.25, 0.3) is 0 Å². The molecule has 1 N–H and O–H groups in total. The van der Waals surface area contributed by atoms with Gasteiger partial charge in [-0.2, -0.15) is 0 Å². The molecule has 2 heterocycles. The minimum Gasteiger partial charge on any atom is -0.356 e. The molecule has 0 saturated carbocycles. The third-order valence-corrected chi connectivity index (χ3v) is 5.99. The van der Waals surface area contributed by atoms with Gasteiger partial charge in [-0.05, 0) is 63.5 Å². The van der Waals surface area contributed by atoms with Crippen molar-refractivity contribution in [3.63, 3.8) is 0 Å². The third-order valence-electron chi connectivity index (χ3n) is 5.99. The van der Waals surface area contributed by atoms with Crippen molar-refractivity contribution in [2.75, 3.05) is 39.8 Å². The largest absolute Gasteiger partial charge is 0.356 e. The monoisotopic (exact) mass is 356 g/mol. The van der Waals surface area contributed by atoms with Gasteiger partial charge in [-0.25, -0.2) is 0 Å². The molecule has 4 heteroatoms. The minimum absolute atomic E-state index is 0.662. The topological polar surface area (TPSA) is 30.9 Å². The van der Waals surface area contributed by atoms with Crippen LogP contribution in [0.25, 0.3) is 0 Å². The van der Waals surface area contributed by atoms with Crippen molar-refractivity contribution in [3.05, 3.63) is 35.9 Å². The fraction of sp³-hybridized carbons (Fsp3) is 0.682. The Hall–Kier alpha value is -1.55. The van der Waals surface area contributed by atoms with E-state index in [1.165, 1.54) is 44.3 Å². The summed E-state index contributed by atoms with van der Waals surface area (Å²) < 4.78 is 0. The highest BCUT2D eigenvalue weighted by Crippen LogP contribution is 2.21. The molecule has 26 heavy (non-hydrogen) atoms. The highest BCUT2D eigenvalue weighted by atomic mass is 15.3. The van der Waals surface area contributed by atoms with E-state index < -0.39 is 0 Å². The number of guanidine groups is 1. The van der Waals surface area contributed by atoms with Crippen molar-refractivity contribution >= 4 is 5.96 Å². The first-order valence-corrected chi connectivity index (χ1v) is 10.4. The molecule has 2 saturated heterocycles. The molecule has 1 aromatic carbocycles. The number of rotatable bonds is 5. The third kappa shape index (κ3) is 5.23. The predicted molar refractivity (Wildman–Crippen MR) is 111 cm³/mol. The number of nitrogens with zero attached hydrogens (tertiary/aromatic N) is 3. The minimum atomic E-state index is 0.662. The SMILES string of the molecule is CN=C(NCC1CCCN(C(C)C)C1)N1CCC(Cc2ccccc2)C1. The lowest BCUT2D eigenvalue weighted by molar-refractivity contribution is 0.140. The fourth-order valence-electron chi connectivity index (χ4n) is 4.44. The van der Waals surface area contributed by atoms with Crippen LogP contribution in [-0.4, -0.2) is 61.6 Å². The maximum atomic E-state index is 4.57. The Balaban J connectivity index is 1.46. The zero-order valence-corrected chi connectivity index (χ0v) is 16.8. The number of hydrogen-bond acceptors (Lipinski definition) is 2. The summed E-state index contributed by atoms with van der Waals surface area (Å²) in [6.07, 6.45) is 5.11. The predicted octanol–water partition coefficient (Wildman–Crippen LogP) is 3.25. The zero-order chi connectivity index (χ0) is 18.4. The van der Waals surface area contributed by atoms with Crippen LogP contribution < -0.4 is 5.32 Å². The highest BCUT2D eigenvalue weighted by Gasteiger charge is 2.26. The lowest BCUT2D eigenvalue weighted by Gasteiger charge is -2.36. The number of benzene rings is 1. The maximum Gasteiger partial charge on any atom is 0.193 e. The molecule has 2 aliphatic rings. The standard InChI is InChI=1S/C22H36N4/c1-18(2)25-12-7-10-21(17-25)15-24-22(23-3)26-13-11-20(16-26)14-19-8-5-4-6-9-19/h4-6,8-9,18,20-21H,7,10-17H2,1-3H3,(H,23,24). The Morgan fingerprint density at radius 2 is 1.92 bits per heavy atom. The van der Waals surface area contributed by atoms with Gasteiger partial charge in [0.1, 0.15) is 0 Å². The number of aliphatic imine (C=N–C) groups is 1. The molecule has 0 radical (unpaired) electrons. The van der Waals surface area contributed by atoms with E-state index >= 15 is 0 Å². The lowest BCUT2D eigenvalue weighted by Crippen LogP contribution is -2.46. The molecular formula is C22H36N4. The summed E-state index contributed by atoms with van der Waals surface area (Å²) in [5.74, 6) is 2.58. The molecule has 0 bridgehead atoms. The van der Waals surface area contributed by atoms with E-state index in [0.29, 0.717) is 6.04 Å². The second-order valence-electron chi connectivity index (χ2n) is 8.32. The molecule has 0 amide bonds. The Bertz CT molecular complexity index is 569. The van der Waals surface area contributed by atoms with Crippen LogP contribution in [0.1, 0.15) is 38.7 Å². The molecule has 144 valence electrons. The lowest BCUT2D eigenvalue weighted by atomic mass is 9.97. The van der Waals surface area contributed by atoms with Gasteiger partial charge in [-0.1, -0.05) is 30.3 Å². The van der Waals surface area contributed by atoms with Crippen LogP contribution in [0.15, 0.2) is 35.3 Å². The van der Waals surface area contributed by atoms with Crippen molar-refractivity contribution in [2.24, 2.45) is 16.8 Å². The number of hydrogen-bond donors (Lipinski definition) is 1. The summed E-state index contributed by atoms with van der Waals surface area (Å²) in [6.45, 7) is 10.4. The van der Waals surface area contributed by atoms with E-state index in [9.17, 15) is 0 Å². The van der Waals surface area contributed by atoms with Gasteiger partial charge in [-0.15, -0.1) is 0 Å². The molecule has 1 aromatic rings. The molecule has 4 nitrogen and oxygen atoms in total. The first-order valence-electron chi connectivity index (χ1n) is 10.4. The molecule has 0 aromatic heterocycles. The average Bonchev–Trinajstić information content (AvgIpc) is 3.11. The number of likely N-dealkylation sites (tertiary alicyclic amines) is 2. The molecule has 0 aliphatic carbocycles. The van der Waals surface area contributed by atoms with Gasteiger partial charge in [-0.3, -0.25) is 4.99 Å². The molecule has 2 unspecified atom stereocenters. The van der Waals surface area contributed by atoms with Crippen molar-refractivity contribution in [2.45, 2.75) is 45.6 Å². The van der Waals surface area contributed by atoms with Gasteiger partial charge in [0.15, 0.2) is 5.96 Å². The number of piperidine rings is 1. The zero-order valence-electron chi connectivity index (χ0n) is 16.8. The smallest absolute Gasteiger partial charge is 0.193 e. The first-order chi connectivity index (χ1) is 12.7. The van der Waals surface area contributed by atoms with Crippen molar-refractivity contribution in [1.29, 1.82) is 0 Å². The van der Waals surface area contributed by atoms with Crippen LogP contribution in [0.3, 0.4) is 0 Å². The second kappa shape index (κ2) is 9.40. The maximum absolute atomic E-state index is 4.57. The molecule has 2 fully saturated rings. The van der Waals surface area contributed by atoms with E-state index in [1.54, 1.807) is 0 Å². The Morgan fingerprint density at radius 3 is 2.65 bits per heavy atom. The molecular weight excluding hydrogens is 320 g/mol. The molecule has 3 rings (SSSR count). The molecule has 0 spiro atoms. The van der Waals surface area contributed by atoms with Crippen LogP contribution in [-0.2, 0) is 6.42 Å². The summed E-state index contributed by atoms with van der Waals surface area (Å²) in [7, 11) is 1.92. The average molecular weight is 357 g/mol. The van der Waals surface area contributed by atoms with E-state index in [0.717, 1.165) is 37.4 Å². The van der Waals surface area contributed by atoms with E-state index in [1.807, 2.05) is 7.05 Å². The van der Waals surface area contributed by atoms with Gasteiger partial charge in [0.05, 0.1) is 0 Å². The van der Waals surface area contributed by atoms with Crippen molar-refractivity contribution in [1.82, 2.24) is 15.1 Å². The van der Waals surface area contributed by atoms with Gasteiger partial charge >= 0.3 is 0 Å². The van der Waals surface area contributed by atoms with E-state index in [-0.39, 0.29) is 0 Å². The van der Waals surface area contributed by atoms with Crippen LogP contribution in [0.5, 0.6) is 0 Å². The second-order valence-corrected chi connectivity index (χ2v) is 8.32. The van der Waals surface area contributed by atoms with E-state index in [2.05, 4.69) is 64.3 Å². The Labute approximate surface area is 159 Å². The van der Waals surface area contributed by atoms with Gasteiger partial charge in [0.2, 0.25) is 0 Å². The summed E-state index contributed by atoms with van der Waals surface area (Å²) in [6, 6.07) is 11.6.